The molecule has 22 heavy (non-hydrogen) atoms. The molecule has 0 spiro atoms. The lowest BCUT2D eigenvalue weighted by Crippen LogP contribution is -2.45. The molecule has 3 rings (SSSR count). The lowest BCUT2D eigenvalue weighted by molar-refractivity contribution is -0.127. The molecule has 1 aromatic carbocycles. The first-order valence-corrected chi connectivity index (χ1v) is 8.79. The Morgan fingerprint density at radius 1 is 0.955 bits per heavy atom. The van der Waals surface area contributed by atoms with E-state index < -0.39 is 0 Å². The van der Waals surface area contributed by atoms with E-state index in [1.54, 1.807) is 0 Å². The maximum absolute atomic E-state index is 12.2. The number of Topliss-reactive ketones (excluding diaryl/α,β-unsaturated/α-hetero) is 1. The van der Waals surface area contributed by atoms with E-state index in [0.717, 1.165) is 12.8 Å². The highest BCUT2D eigenvalue weighted by Gasteiger charge is 2.48. The summed E-state index contributed by atoms with van der Waals surface area (Å²) >= 11 is 0. The van der Waals surface area contributed by atoms with Crippen molar-refractivity contribution in [2.24, 2.45) is 5.41 Å². The molecule has 0 aliphatic heterocycles. The summed E-state index contributed by atoms with van der Waals surface area (Å²) in [5.74, 6) is 0.394. The van der Waals surface area contributed by atoms with Crippen LogP contribution >= 0.6 is 0 Å². The van der Waals surface area contributed by atoms with E-state index in [1.807, 2.05) is 27.7 Å². The summed E-state index contributed by atoms with van der Waals surface area (Å²) in [7, 11) is 0. The number of fused-ring (bicyclic) bond motifs is 3. The van der Waals surface area contributed by atoms with Gasteiger partial charge in [-0.3, -0.25) is 4.79 Å². The Hall–Kier alpha value is -1.37. The van der Waals surface area contributed by atoms with Gasteiger partial charge in [-0.1, -0.05) is 70.5 Å². The second-order valence-corrected chi connectivity index (χ2v) is 6.36. The van der Waals surface area contributed by atoms with Gasteiger partial charge in [0.1, 0.15) is 5.78 Å². The van der Waals surface area contributed by atoms with Crippen LogP contribution in [-0.4, -0.2) is 5.78 Å². The van der Waals surface area contributed by atoms with Crippen LogP contribution in [0.1, 0.15) is 72.4 Å². The average molecular weight is 300 g/mol. The van der Waals surface area contributed by atoms with Crippen LogP contribution < -0.4 is 0 Å². The van der Waals surface area contributed by atoms with Gasteiger partial charge in [0.05, 0.1) is 0 Å². The topological polar surface area (TPSA) is 17.1 Å². The summed E-state index contributed by atoms with van der Waals surface area (Å²) in [5, 5.41) is 0. The van der Waals surface area contributed by atoms with Crippen molar-refractivity contribution < 1.29 is 4.79 Å². The highest BCUT2D eigenvalue weighted by atomic mass is 16.1. The van der Waals surface area contributed by atoms with Crippen LogP contribution in [0, 0.1) is 5.41 Å². The van der Waals surface area contributed by atoms with Gasteiger partial charge >= 0.3 is 0 Å². The maximum Gasteiger partial charge on any atom is 0.142 e. The number of benzene rings is 1. The summed E-state index contributed by atoms with van der Waals surface area (Å²) in [4.78, 5) is 12.2. The Kier molecular flexibility index (Phi) is 6.17. The third-order valence-corrected chi connectivity index (χ3v) is 4.95. The zero-order valence-corrected chi connectivity index (χ0v) is 15.4. The summed E-state index contributed by atoms with van der Waals surface area (Å²) in [5.41, 5.74) is 3.97. The molecule has 1 nitrogen and oxygen atoms in total. The second kappa shape index (κ2) is 7.26. The summed E-state index contributed by atoms with van der Waals surface area (Å²) < 4.78 is 0. The van der Waals surface area contributed by atoms with Gasteiger partial charge in [0.25, 0.3) is 0 Å². The third-order valence-electron chi connectivity index (χ3n) is 4.95. The molecule has 0 N–H and O–H groups in total. The van der Waals surface area contributed by atoms with Crippen molar-refractivity contribution in [2.45, 2.75) is 73.1 Å². The van der Waals surface area contributed by atoms with E-state index in [0.29, 0.717) is 12.2 Å². The van der Waals surface area contributed by atoms with Gasteiger partial charge in [-0.15, -0.1) is 0 Å². The molecular formula is C21H32O. The molecule has 0 amide bonds. The van der Waals surface area contributed by atoms with Gasteiger partial charge in [0.15, 0.2) is 0 Å². The number of carbonyl (C=O) groups excluding carboxylic acids is 1. The van der Waals surface area contributed by atoms with Crippen LogP contribution in [0.5, 0.6) is 0 Å². The van der Waals surface area contributed by atoms with E-state index in [4.69, 9.17) is 0 Å². The van der Waals surface area contributed by atoms with Gasteiger partial charge < -0.3 is 0 Å². The van der Waals surface area contributed by atoms with E-state index in [-0.39, 0.29) is 10.8 Å². The Morgan fingerprint density at radius 2 is 1.55 bits per heavy atom. The van der Waals surface area contributed by atoms with E-state index in [2.05, 4.69) is 51.1 Å². The highest BCUT2D eigenvalue weighted by molar-refractivity contribution is 5.90. The molecule has 0 aromatic heterocycles. The maximum atomic E-state index is 12.2. The van der Waals surface area contributed by atoms with Crippen LogP contribution in [-0.2, 0) is 16.6 Å². The normalized spacial score (nSPS) is 24.5. The van der Waals surface area contributed by atoms with Crippen LogP contribution in [0.15, 0.2) is 35.9 Å². The monoisotopic (exact) mass is 300 g/mol. The lowest BCUT2D eigenvalue weighted by Gasteiger charge is -2.48. The number of hydrogen-bond acceptors (Lipinski definition) is 1. The van der Waals surface area contributed by atoms with Crippen molar-refractivity contribution in [3.8, 4) is 0 Å². The second-order valence-electron chi connectivity index (χ2n) is 6.36. The number of allylic oxidation sites excluding steroid dienone is 2. The minimum absolute atomic E-state index is 0.0618. The molecule has 0 heterocycles. The van der Waals surface area contributed by atoms with Crippen LogP contribution in [0.4, 0.5) is 0 Å². The fraction of sp³-hybridized carbons (Fsp3) is 0.571. The van der Waals surface area contributed by atoms with Crippen molar-refractivity contribution in [1.82, 2.24) is 0 Å². The molecule has 0 saturated heterocycles. The Morgan fingerprint density at radius 3 is 2.18 bits per heavy atom. The average Bonchev–Trinajstić information content (AvgIpc) is 2.55. The van der Waals surface area contributed by atoms with Crippen molar-refractivity contribution in [1.29, 1.82) is 0 Å². The van der Waals surface area contributed by atoms with E-state index in [1.165, 1.54) is 16.7 Å². The summed E-state index contributed by atoms with van der Waals surface area (Å²) in [6, 6.07) is 8.70. The number of carbonyl (C=O) groups is 1. The molecule has 1 fully saturated rings. The molecule has 1 heteroatoms. The minimum atomic E-state index is -0.291. The van der Waals surface area contributed by atoms with Gasteiger partial charge in [-0.25, -0.2) is 0 Å². The molecule has 2 aliphatic rings. The van der Waals surface area contributed by atoms with Crippen LogP contribution in [0.25, 0.3) is 0 Å². The van der Waals surface area contributed by atoms with Crippen molar-refractivity contribution in [2.75, 3.05) is 0 Å². The SMILES string of the molecule is CC.CC.CC1(C)C(=O)CCC2(C)C1=CCc1ccccc12. The third kappa shape index (κ3) is 2.91. The molecule has 0 bridgehead atoms. The van der Waals surface area contributed by atoms with Gasteiger partial charge in [-0.2, -0.15) is 0 Å². The van der Waals surface area contributed by atoms with E-state index in [9.17, 15) is 4.79 Å². The first kappa shape index (κ1) is 18.7. The number of hydrogen-bond donors (Lipinski definition) is 0. The Labute approximate surface area is 136 Å². The smallest absolute Gasteiger partial charge is 0.142 e. The number of rotatable bonds is 0. The fourth-order valence-corrected chi connectivity index (χ4v) is 3.86. The van der Waals surface area contributed by atoms with Crippen molar-refractivity contribution >= 4 is 5.78 Å². The molecular weight excluding hydrogens is 268 g/mol. The highest BCUT2D eigenvalue weighted by Crippen LogP contribution is 2.52. The standard InChI is InChI=1S/C17H20O.2C2H6/c1-16(2)14-9-8-12-6-4-5-7-13(12)17(14,3)11-10-15(16)18;2*1-2/h4-7,9H,8,10-11H2,1-3H3;2*1-2H3. The predicted octanol–water partition coefficient (Wildman–Crippen LogP) is 5.87. The van der Waals surface area contributed by atoms with Gasteiger partial charge in [-0.05, 0) is 37.8 Å². The van der Waals surface area contributed by atoms with Crippen LogP contribution in [0.3, 0.4) is 0 Å². The summed E-state index contributed by atoms with van der Waals surface area (Å²) in [6.45, 7) is 14.5. The molecule has 2 aliphatic carbocycles. The Bertz CT molecular complexity index is 551. The van der Waals surface area contributed by atoms with Crippen molar-refractivity contribution in [3.63, 3.8) is 0 Å². The number of ketones is 1. The fourth-order valence-electron chi connectivity index (χ4n) is 3.86. The van der Waals surface area contributed by atoms with Gasteiger partial charge in [0.2, 0.25) is 0 Å². The largest absolute Gasteiger partial charge is 0.299 e. The minimum Gasteiger partial charge on any atom is -0.299 e. The first-order valence-electron chi connectivity index (χ1n) is 8.79. The zero-order valence-electron chi connectivity index (χ0n) is 15.4. The van der Waals surface area contributed by atoms with Crippen molar-refractivity contribution in [3.05, 3.63) is 47.0 Å². The molecule has 122 valence electrons. The molecule has 1 aromatic rings. The molecule has 1 unspecified atom stereocenters. The molecule has 1 atom stereocenters. The lowest BCUT2D eigenvalue weighted by atomic mass is 9.55. The summed E-state index contributed by atoms with van der Waals surface area (Å²) in [6.07, 6.45) is 4.94. The van der Waals surface area contributed by atoms with Gasteiger partial charge in [0, 0.05) is 17.3 Å². The molecule has 1 saturated carbocycles. The van der Waals surface area contributed by atoms with Crippen LogP contribution in [0.2, 0.25) is 0 Å². The molecule has 0 radical (unpaired) electrons. The first-order chi connectivity index (χ1) is 10.5. The van der Waals surface area contributed by atoms with E-state index >= 15 is 0 Å². The predicted molar refractivity (Wildman–Crippen MR) is 96.3 cm³/mol. The zero-order chi connectivity index (χ0) is 17.0. The Balaban J connectivity index is 0.000000561. The quantitative estimate of drug-likeness (QED) is 0.548.